The topological polar surface area (TPSA) is 20.7 Å². The largest absolute Gasteiger partial charge is 0.331 e. The Morgan fingerprint density at radius 1 is 1.40 bits per heavy atom. The molecule has 5 heteroatoms. The molecule has 0 amide bonds. The first-order valence-corrected chi connectivity index (χ1v) is 7.92. The molecule has 0 aliphatic heterocycles. The van der Waals surface area contributed by atoms with Crippen LogP contribution in [0.3, 0.4) is 0 Å². The predicted molar refractivity (Wildman–Crippen MR) is 84.4 cm³/mol. The quantitative estimate of drug-likeness (QED) is 0.650. The van der Waals surface area contributed by atoms with Gasteiger partial charge < -0.3 is 9.55 Å². The third kappa shape index (κ3) is 2.31. The lowest BCUT2D eigenvalue weighted by atomic mass is 10.1. The van der Waals surface area contributed by atoms with Crippen LogP contribution in [0.2, 0.25) is 0 Å². The summed E-state index contributed by atoms with van der Waals surface area (Å²) in [5, 5.41) is 2.07. The van der Waals surface area contributed by atoms with Crippen molar-refractivity contribution in [2.75, 3.05) is 0 Å². The number of H-pyrrole nitrogens is 1. The van der Waals surface area contributed by atoms with E-state index in [2.05, 4.69) is 23.4 Å². The molecule has 0 fully saturated rings. The van der Waals surface area contributed by atoms with Crippen molar-refractivity contribution in [3.05, 3.63) is 51.2 Å². The second-order valence-corrected chi connectivity index (χ2v) is 6.15. The number of rotatable bonds is 4. The number of thiophene rings is 1. The van der Waals surface area contributed by atoms with Crippen molar-refractivity contribution in [1.82, 2.24) is 9.55 Å². The highest BCUT2D eigenvalue weighted by atomic mass is 32.1. The van der Waals surface area contributed by atoms with Gasteiger partial charge in [-0.25, -0.2) is 4.39 Å². The lowest BCUT2D eigenvalue weighted by Gasteiger charge is -2.17. The number of nitrogens with one attached hydrogen (secondary N) is 1. The molecule has 104 valence electrons. The fourth-order valence-corrected chi connectivity index (χ4v) is 3.74. The normalized spacial score (nSPS) is 12.9. The molecule has 3 rings (SSSR count). The maximum atomic E-state index is 13.6. The Kier molecular flexibility index (Phi) is 3.72. The molecule has 3 aromatic rings. The monoisotopic (exact) mass is 306 g/mol. The summed E-state index contributed by atoms with van der Waals surface area (Å²) < 4.78 is 16.3. The second-order valence-electron chi connectivity index (χ2n) is 4.78. The zero-order valence-electron chi connectivity index (χ0n) is 11.1. The summed E-state index contributed by atoms with van der Waals surface area (Å²) in [4.78, 5) is 4.43. The Morgan fingerprint density at radius 2 is 2.25 bits per heavy atom. The number of halogens is 1. The number of benzene rings is 1. The third-order valence-electron chi connectivity index (χ3n) is 3.43. The SMILES string of the molecule is CCCC(c1cccs1)n1c(=S)[nH]c2ccc(F)cc21. The summed E-state index contributed by atoms with van der Waals surface area (Å²) in [7, 11) is 0. The minimum Gasteiger partial charge on any atom is -0.331 e. The summed E-state index contributed by atoms with van der Waals surface area (Å²) in [6.45, 7) is 2.15. The van der Waals surface area contributed by atoms with Crippen molar-refractivity contribution in [2.24, 2.45) is 0 Å². The molecule has 0 saturated heterocycles. The molecule has 0 aliphatic carbocycles. The Hall–Kier alpha value is -1.46. The molecule has 0 spiro atoms. The molecule has 2 heterocycles. The molecule has 1 unspecified atom stereocenters. The van der Waals surface area contributed by atoms with Crippen molar-refractivity contribution in [3.8, 4) is 0 Å². The van der Waals surface area contributed by atoms with Crippen LogP contribution < -0.4 is 0 Å². The molecular weight excluding hydrogens is 291 g/mol. The van der Waals surface area contributed by atoms with E-state index in [0.29, 0.717) is 4.77 Å². The molecule has 0 aliphatic rings. The van der Waals surface area contributed by atoms with Crippen LogP contribution in [0, 0.1) is 10.6 Å². The van der Waals surface area contributed by atoms with Gasteiger partial charge in [-0.3, -0.25) is 0 Å². The summed E-state index contributed by atoms with van der Waals surface area (Å²) in [6.07, 6.45) is 2.03. The van der Waals surface area contributed by atoms with Crippen LogP contribution in [-0.2, 0) is 0 Å². The van der Waals surface area contributed by atoms with Gasteiger partial charge in [0.25, 0.3) is 0 Å². The average molecular weight is 306 g/mol. The van der Waals surface area contributed by atoms with E-state index in [1.54, 1.807) is 23.5 Å². The highest BCUT2D eigenvalue weighted by Gasteiger charge is 2.18. The third-order valence-corrected chi connectivity index (χ3v) is 4.70. The highest BCUT2D eigenvalue weighted by Crippen LogP contribution is 2.31. The molecule has 0 bridgehead atoms. The molecule has 1 aromatic carbocycles. The number of hydrogen-bond donors (Lipinski definition) is 1. The molecule has 20 heavy (non-hydrogen) atoms. The highest BCUT2D eigenvalue weighted by molar-refractivity contribution is 7.71. The van der Waals surface area contributed by atoms with Gasteiger partial charge in [-0.1, -0.05) is 19.4 Å². The van der Waals surface area contributed by atoms with E-state index in [0.717, 1.165) is 23.9 Å². The average Bonchev–Trinajstić information content (AvgIpc) is 3.04. The second kappa shape index (κ2) is 5.50. The number of fused-ring (bicyclic) bond motifs is 1. The van der Waals surface area contributed by atoms with E-state index in [1.807, 2.05) is 10.6 Å². The van der Waals surface area contributed by atoms with E-state index < -0.39 is 0 Å². The first-order chi connectivity index (χ1) is 9.70. The van der Waals surface area contributed by atoms with E-state index in [-0.39, 0.29) is 11.9 Å². The van der Waals surface area contributed by atoms with Crippen molar-refractivity contribution in [3.63, 3.8) is 0 Å². The van der Waals surface area contributed by atoms with Gasteiger partial charge in [-0.15, -0.1) is 11.3 Å². The summed E-state index contributed by atoms with van der Waals surface area (Å²) in [6, 6.07) is 9.08. The van der Waals surface area contributed by atoms with Crippen molar-refractivity contribution < 1.29 is 4.39 Å². The van der Waals surface area contributed by atoms with Gasteiger partial charge in [-0.05, 0) is 48.3 Å². The maximum Gasteiger partial charge on any atom is 0.178 e. The van der Waals surface area contributed by atoms with Gasteiger partial charge in [0.2, 0.25) is 0 Å². The van der Waals surface area contributed by atoms with Crippen LogP contribution in [0.5, 0.6) is 0 Å². The Balaban J connectivity index is 2.22. The van der Waals surface area contributed by atoms with Gasteiger partial charge in [0, 0.05) is 4.88 Å². The van der Waals surface area contributed by atoms with Crippen LogP contribution in [0.25, 0.3) is 11.0 Å². The van der Waals surface area contributed by atoms with Gasteiger partial charge in [-0.2, -0.15) is 0 Å². The lowest BCUT2D eigenvalue weighted by molar-refractivity contribution is 0.547. The summed E-state index contributed by atoms with van der Waals surface area (Å²) >= 11 is 7.17. The Morgan fingerprint density at radius 3 is 2.95 bits per heavy atom. The standard InChI is InChI=1S/C15H15FN2S2/c1-2-4-12(14-5-3-8-20-14)18-13-9-10(16)6-7-11(13)17-15(18)19/h3,5-9,12H,2,4H2,1H3,(H,17,19). The van der Waals surface area contributed by atoms with Gasteiger partial charge in [0.15, 0.2) is 4.77 Å². The summed E-state index contributed by atoms with van der Waals surface area (Å²) in [5.41, 5.74) is 1.72. The summed E-state index contributed by atoms with van der Waals surface area (Å²) in [5.74, 6) is -0.235. The van der Waals surface area contributed by atoms with Crippen molar-refractivity contribution in [1.29, 1.82) is 0 Å². The van der Waals surface area contributed by atoms with Crippen LogP contribution >= 0.6 is 23.6 Å². The lowest BCUT2D eigenvalue weighted by Crippen LogP contribution is -2.09. The van der Waals surface area contributed by atoms with Crippen molar-refractivity contribution >= 4 is 34.6 Å². The fourth-order valence-electron chi connectivity index (χ4n) is 2.56. The van der Waals surface area contributed by atoms with E-state index in [9.17, 15) is 4.39 Å². The molecule has 1 N–H and O–H groups in total. The zero-order chi connectivity index (χ0) is 14.1. The van der Waals surface area contributed by atoms with Crippen LogP contribution in [0.1, 0.15) is 30.7 Å². The number of nitrogens with zero attached hydrogens (tertiary/aromatic N) is 1. The minimum atomic E-state index is -0.235. The van der Waals surface area contributed by atoms with Crippen LogP contribution in [0.15, 0.2) is 35.7 Å². The minimum absolute atomic E-state index is 0.169. The number of imidazole rings is 1. The van der Waals surface area contributed by atoms with E-state index >= 15 is 0 Å². The van der Waals surface area contributed by atoms with Gasteiger partial charge in [0.1, 0.15) is 5.82 Å². The first kappa shape index (κ1) is 13.5. The molecule has 0 saturated carbocycles. The number of aromatic nitrogens is 2. The fraction of sp³-hybridized carbons (Fsp3) is 0.267. The van der Waals surface area contributed by atoms with E-state index in [1.165, 1.54) is 10.9 Å². The maximum absolute atomic E-state index is 13.6. The zero-order valence-corrected chi connectivity index (χ0v) is 12.7. The van der Waals surface area contributed by atoms with E-state index in [4.69, 9.17) is 12.2 Å². The molecule has 2 aromatic heterocycles. The molecule has 0 radical (unpaired) electrons. The first-order valence-electron chi connectivity index (χ1n) is 6.64. The van der Waals surface area contributed by atoms with Crippen molar-refractivity contribution in [2.45, 2.75) is 25.8 Å². The van der Waals surface area contributed by atoms with Crippen LogP contribution in [0.4, 0.5) is 4.39 Å². The van der Waals surface area contributed by atoms with Crippen LogP contribution in [-0.4, -0.2) is 9.55 Å². The number of aromatic amines is 1. The predicted octanol–water partition coefficient (Wildman–Crippen LogP) is 5.29. The van der Waals surface area contributed by atoms with Gasteiger partial charge >= 0.3 is 0 Å². The molecule has 2 nitrogen and oxygen atoms in total. The molecule has 1 atom stereocenters. The Bertz CT molecular complexity index is 771. The van der Waals surface area contributed by atoms with Gasteiger partial charge in [0.05, 0.1) is 17.1 Å². The number of hydrogen-bond acceptors (Lipinski definition) is 2. The molecular formula is C15H15FN2S2. The smallest absolute Gasteiger partial charge is 0.178 e. The Labute approximate surface area is 125 Å².